The molecule has 2 aliphatic rings. The second-order valence-corrected chi connectivity index (χ2v) is 14.8. The normalized spacial score (nSPS) is 19.1. The summed E-state index contributed by atoms with van der Waals surface area (Å²) in [5, 5.41) is 7.73. The van der Waals surface area contributed by atoms with E-state index in [-0.39, 0.29) is 47.0 Å². The Labute approximate surface area is 281 Å². The van der Waals surface area contributed by atoms with Crippen molar-refractivity contribution in [2.24, 2.45) is 5.92 Å². The molecule has 0 radical (unpaired) electrons. The number of para-hydroxylation sites is 1. The molecule has 1 amide bonds. The zero-order valence-electron chi connectivity index (χ0n) is 27.5. The third-order valence-corrected chi connectivity index (χ3v) is 11.1. The lowest BCUT2D eigenvalue weighted by Crippen LogP contribution is -2.53. The Morgan fingerprint density at radius 1 is 1.00 bits per heavy atom. The Bertz CT molecular complexity index is 1870. The third kappa shape index (κ3) is 7.35. The average Bonchev–Trinajstić information content (AvgIpc) is 3.63. The third-order valence-electron chi connectivity index (χ3n) is 9.26. The molecule has 2 aromatic heterocycles. The quantitative estimate of drug-likeness (QED) is 0.226. The number of pyridine rings is 1. The molecule has 2 fully saturated rings. The number of amides is 1. The molecule has 12 heteroatoms. The van der Waals surface area contributed by atoms with Gasteiger partial charge in [-0.15, -0.1) is 0 Å². The first-order chi connectivity index (χ1) is 23.2. The summed E-state index contributed by atoms with van der Waals surface area (Å²) in [5.74, 6) is 0.0115. The summed E-state index contributed by atoms with van der Waals surface area (Å²) in [4.78, 5) is 33.9. The Hall–Kier alpha value is -4.39. The zero-order chi connectivity index (χ0) is 33.8. The van der Waals surface area contributed by atoms with Gasteiger partial charge in [0.1, 0.15) is 11.3 Å². The Kier molecular flexibility index (Phi) is 10.0. The van der Waals surface area contributed by atoms with Crippen LogP contribution in [-0.4, -0.2) is 97.8 Å². The minimum absolute atomic E-state index is 0.0930. The highest BCUT2D eigenvalue weighted by molar-refractivity contribution is 7.92. The van der Waals surface area contributed by atoms with Gasteiger partial charge in [-0.1, -0.05) is 48.5 Å². The second kappa shape index (κ2) is 14.4. The van der Waals surface area contributed by atoms with E-state index >= 15 is 0 Å². The lowest BCUT2D eigenvalue weighted by Gasteiger charge is -2.26. The molecule has 4 heterocycles. The van der Waals surface area contributed by atoms with Gasteiger partial charge in [-0.25, -0.2) is 18.1 Å². The van der Waals surface area contributed by atoms with Crippen molar-refractivity contribution in [2.45, 2.75) is 31.7 Å². The molecule has 48 heavy (non-hydrogen) atoms. The van der Waals surface area contributed by atoms with Crippen LogP contribution in [0.15, 0.2) is 72.9 Å². The smallest absolute Gasteiger partial charge is 0.257 e. The molecule has 2 aromatic carbocycles. The number of ether oxygens (including phenoxy) is 2. The van der Waals surface area contributed by atoms with E-state index in [0.29, 0.717) is 24.3 Å². The van der Waals surface area contributed by atoms with Crippen LogP contribution >= 0.6 is 0 Å². The van der Waals surface area contributed by atoms with E-state index in [4.69, 9.17) is 14.6 Å². The number of aromatic nitrogens is 3. The molecule has 1 N–H and O–H groups in total. The topological polar surface area (TPSA) is 133 Å². The number of carbonyl (C=O) groups excluding carboxylic acids is 2. The monoisotopic (exact) mass is 671 g/mol. The molecule has 0 spiro atoms. The van der Waals surface area contributed by atoms with E-state index in [1.54, 1.807) is 24.1 Å². The van der Waals surface area contributed by atoms with Crippen LogP contribution in [0.25, 0.3) is 16.9 Å². The van der Waals surface area contributed by atoms with Crippen molar-refractivity contribution < 1.29 is 27.5 Å². The van der Waals surface area contributed by atoms with Crippen molar-refractivity contribution in [1.82, 2.24) is 25.0 Å². The van der Waals surface area contributed by atoms with Crippen molar-refractivity contribution >= 4 is 21.5 Å². The lowest BCUT2D eigenvalue weighted by molar-refractivity contribution is -0.119. The number of carbonyl (C=O) groups is 2. The summed E-state index contributed by atoms with van der Waals surface area (Å²) >= 11 is 0. The maximum Gasteiger partial charge on any atom is 0.257 e. The molecule has 2 atom stereocenters. The molecule has 2 saturated heterocycles. The predicted octanol–water partition coefficient (Wildman–Crippen LogP) is 3.64. The van der Waals surface area contributed by atoms with Crippen LogP contribution in [-0.2, 0) is 25.8 Å². The van der Waals surface area contributed by atoms with Crippen molar-refractivity contribution in [3.63, 3.8) is 0 Å². The van der Waals surface area contributed by atoms with E-state index in [2.05, 4.69) is 39.5 Å². The SMILES string of the molecule is COCCN1C[C@@H](CC(=O)Cc2c(C)c(-c3cnc(OC)c(C(=O)NC4CS(=O)(=O)C4)c3)nn2-c2ccccc2)[C@H](c2ccccc2)C1. The molecule has 0 unspecified atom stereocenters. The van der Waals surface area contributed by atoms with Gasteiger partial charge in [0.2, 0.25) is 5.88 Å². The molecule has 252 valence electrons. The predicted molar refractivity (Wildman–Crippen MR) is 182 cm³/mol. The van der Waals surface area contributed by atoms with Gasteiger partial charge in [0.05, 0.1) is 48.3 Å². The Morgan fingerprint density at radius 2 is 1.71 bits per heavy atom. The highest BCUT2D eigenvalue weighted by atomic mass is 32.2. The number of hydrogen-bond donors (Lipinski definition) is 1. The van der Waals surface area contributed by atoms with Gasteiger partial charge in [-0.2, -0.15) is 5.10 Å². The summed E-state index contributed by atoms with van der Waals surface area (Å²) in [6, 6.07) is 21.3. The number of sulfone groups is 1. The zero-order valence-corrected chi connectivity index (χ0v) is 28.3. The van der Waals surface area contributed by atoms with Gasteiger partial charge in [-0.05, 0) is 42.2 Å². The van der Waals surface area contributed by atoms with Gasteiger partial charge < -0.3 is 19.7 Å². The molecule has 0 bridgehead atoms. The summed E-state index contributed by atoms with van der Waals surface area (Å²) in [6.45, 7) is 5.11. The average molecular weight is 672 g/mol. The molecule has 2 aliphatic heterocycles. The van der Waals surface area contributed by atoms with E-state index in [1.165, 1.54) is 12.7 Å². The number of likely N-dealkylation sites (tertiary alicyclic amines) is 1. The lowest BCUT2D eigenvalue weighted by atomic mass is 9.85. The highest BCUT2D eigenvalue weighted by Gasteiger charge is 2.36. The van der Waals surface area contributed by atoms with Crippen LogP contribution in [0.5, 0.6) is 5.88 Å². The van der Waals surface area contributed by atoms with Crippen LogP contribution < -0.4 is 10.1 Å². The van der Waals surface area contributed by atoms with E-state index in [1.807, 2.05) is 43.3 Å². The number of benzene rings is 2. The van der Waals surface area contributed by atoms with Crippen LogP contribution in [0.4, 0.5) is 0 Å². The van der Waals surface area contributed by atoms with Crippen molar-refractivity contribution in [1.29, 1.82) is 0 Å². The van der Waals surface area contributed by atoms with Crippen LogP contribution in [0.1, 0.15) is 39.5 Å². The van der Waals surface area contributed by atoms with Crippen molar-refractivity contribution in [3.05, 3.63) is 95.3 Å². The fourth-order valence-electron chi connectivity index (χ4n) is 6.81. The molecule has 0 saturated carbocycles. The minimum atomic E-state index is -3.11. The van der Waals surface area contributed by atoms with Crippen molar-refractivity contribution in [3.8, 4) is 22.8 Å². The Balaban J connectivity index is 1.29. The van der Waals surface area contributed by atoms with Crippen LogP contribution in [0.3, 0.4) is 0 Å². The number of hydrogen-bond acceptors (Lipinski definition) is 9. The van der Waals surface area contributed by atoms with E-state index in [9.17, 15) is 18.0 Å². The number of nitrogens with one attached hydrogen (secondary N) is 1. The van der Waals surface area contributed by atoms with Crippen LogP contribution in [0.2, 0.25) is 0 Å². The number of methoxy groups -OCH3 is 2. The maximum atomic E-state index is 13.9. The molecular formula is C36H41N5O6S. The molecule has 6 rings (SSSR count). The maximum absolute atomic E-state index is 13.9. The molecule has 4 aromatic rings. The largest absolute Gasteiger partial charge is 0.480 e. The number of Topliss-reactive ketones (excluding diaryl/α,β-unsaturated/α-hetero) is 1. The molecular weight excluding hydrogens is 630 g/mol. The summed E-state index contributed by atoms with van der Waals surface area (Å²) in [6.07, 6.45) is 2.22. The summed E-state index contributed by atoms with van der Waals surface area (Å²) < 4.78 is 35.8. The molecule has 11 nitrogen and oxygen atoms in total. The number of ketones is 1. The fraction of sp³-hybridized carbons (Fsp3) is 0.389. The van der Waals surface area contributed by atoms with Crippen LogP contribution in [0, 0.1) is 12.8 Å². The van der Waals surface area contributed by atoms with Crippen molar-refractivity contribution in [2.75, 3.05) is 52.0 Å². The fourth-order valence-corrected chi connectivity index (χ4v) is 8.11. The van der Waals surface area contributed by atoms with E-state index in [0.717, 1.165) is 36.6 Å². The summed E-state index contributed by atoms with van der Waals surface area (Å²) in [7, 11) is 0.0233. The summed E-state index contributed by atoms with van der Waals surface area (Å²) in [5.41, 5.74) is 4.99. The van der Waals surface area contributed by atoms with Gasteiger partial charge in [0.15, 0.2) is 9.84 Å². The van der Waals surface area contributed by atoms with Gasteiger partial charge >= 0.3 is 0 Å². The first-order valence-electron chi connectivity index (χ1n) is 16.1. The second-order valence-electron chi connectivity index (χ2n) is 12.6. The first-order valence-corrected chi connectivity index (χ1v) is 18.0. The van der Waals surface area contributed by atoms with Gasteiger partial charge in [0, 0.05) is 57.3 Å². The standard InChI is InChI=1S/C36H41N5O6S/c1-24-33(18-30(42)16-27-20-40(14-15-46-2)21-32(27)25-10-6-4-7-11-25)41(29-12-8-5-9-13-29)39-34(24)26-17-31(36(47-3)37-19-26)35(43)38-28-22-48(44,45)23-28/h4-13,17,19,27-28,32H,14-16,18,20-23H2,1-3H3,(H,38,43)/t27-,32+/m1/s1. The van der Waals surface area contributed by atoms with E-state index < -0.39 is 21.8 Å². The molecule has 0 aliphatic carbocycles. The van der Waals surface area contributed by atoms with Gasteiger partial charge in [-0.3, -0.25) is 9.59 Å². The first kappa shape index (κ1) is 33.5. The number of rotatable bonds is 13. The van der Waals surface area contributed by atoms with Gasteiger partial charge in [0.25, 0.3) is 5.91 Å². The minimum Gasteiger partial charge on any atom is -0.480 e. The Morgan fingerprint density at radius 3 is 2.38 bits per heavy atom. The highest BCUT2D eigenvalue weighted by Crippen LogP contribution is 2.36. The number of nitrogens with zero attached hydrogens (tertiary/aromatic N) is 4.